The Morgan fingerprint density at radius 2 is 2.41 bits per heavy atom. The molecule has 1 saturated heterocycles. The van der Waals surface area contributed by atoms with E-state index >= 15 is 0 Å². The average molecular weight is 320 g/mol. The van der Waals surface area contributed by atoms with Crippen LogP contribution in [0.15, 0.2) is 22.7 Å². The van der Waals surface area contributed by atoms with E-state index in [9.17, 15) is 0 Å². The van der Waals surface area contributed by atoms with E-state index in [-0.39, 0.29) is 5.38 Å². The van der Waals surface area contributed by atoms with Crippen molar-refractivity contribution in [2.75, 3.05) is 13.7 Å². The van der Waals surface area contributed by atoms with Crippen LogP contribution in [0.25, 0.3) is 0 Å². The summed E-state index contributed by atoms with van der Waals surface area (Å²) in [6.45, 7) is 0.873. The van der Waals surface area contributed by atoms with Gasteiger partial charge in [0.25, 0.3) is 0 Å². The van der Waals surface area contributed by atoms with Gasteiger partial charge in [0.2, 0.25) is 0 Å². The summed E-state index contributed by atoms with van der Waals surface area (Å²) < 4.78 is 11.8. The van der Waals surface area contributed by atoms with Crippen molar-refractivity contribution in [2.45, 2.75) is 30.7 Å². The molecule has 2 rings (SSSR count). The van der Waals surface area contributed by atoms with Crippen LogP contribution < -0.4 is 4.74 Å². The molecule has 0 radical (unpaired) electrons. The molecular weight excluding hydrogens is 303 g/mol. The van der Waals surface area contributed by atoms with Crippen molar-refractivity contribution in [3.8, 4) is 5.75 Å². The van der Waals surface area contributed by atoms with Gasteiger partial charge in [-0.15, -0.1) is 11.6 Å². The second-order valence-corrected chi connectivity index (χ2v) is 5.61. The molecule has 1 fully saturated rings. The minimum atomic E-state index is -0.0154. The van der Waals surface area contributed by atoms with Gasteiger partial charge in [0.1, 0.15) is 5.75 Å². The highest BCUT2D eigenvalue weighted by Crippen LogP contribution is 2.35. The van der Waals surface area contributed by atoms with E-state index in [1.165, 1.54) is 0 Å². The van der Waals surface area contributed by atoms with Crippen LogP contribution >= 0.6 is 27.5 Å². The maximum atomic E-state index is 6.44. The molecule has 1 heterocycles. The summed E-state index contributed by atoms with van der Waals surface area (Å²) in [6.07, 6.45) is 3.45. The normalized spacial score (nSPS) is 21.5. The standard InChI is InChI=1S/C13H16BrClO2/c1-16-9-4-5-11(12(14)7-9)13(15)8-10-3-2-6-17-10/h4-5,7,10,13H,2-3,6,8H2,1H3. The fourth-order valence-corrected chi connectivity index (χ4v) is 3.23. The quantitative estimate of drug-likeness (QED) is 0.770. The zero-order valence-electron chi connectivity index (χ0n) is 9.79. The first-order valence-electron chi connectivity index (χ1n) is 5.80. The maximum absolute atomic E-state index is 6.44. The minimum absolute atomic E-state index is 0.0154. The molecule has 1 aromatic carbocycles. The highest BCUT2D eigenvalue weighted by molar-refractivity contribution is 9.10. The van der Waals surface area contributed by atoms with Gasteiger partial charge in [-0.1, -0.05) is 22.0 Å². The fourth-order valence-electron chi connectivity index (χ4n) is 2.08. The number of rotatable bonds is 4. The predicted octanol–water partition coefficient (Wildman–Crippen LogP) is 4.31. The number of methoxy groups -OCH3 is 1. The van der Waals surface area contributed by atoms with E-state index in [0.29, 0.717) is 6.10 Å². The maximum Gasteiger partial charge on any atom is 0.120 e. The number of ether oxygens (including phenoxy) is 2. The first kappa shape index (κ1) is 13.2. The van der Waals surface area contributed by atoms with E-state index in [2.05, 4.69) is 15.9 Å². The van der Waals surface area contributed by atoms with Gasteiger partial charge >= 0.3 is 0 Å². The predicted molar refractivity (Wildman–Crippen MR) is 72.9 cm³/mol. The van der Waals surface area contributed by atoms with Crippen LogP contribution in [-0.4, -0.2) is 19.8 Å². The van der Waals surface area contributed by atoms with Gasteiger partial charge in [-0.25, -0.2) is 0 Å². The van der Waals surface area contributed by atoms with Crippen molar-refractivity contribution in [2.24, 2.45) is 0 Å². The molecule has 17 heavy (non-hydrogen) atoms. The van der Waals surface area contributed by atoms with Gasteiger partial charge in [0, 0.05) is 11.1 Å². The van der Waals surface area contributed by atoms with Crippen LogP contribution in [0.5, 0.6) is 5.75 Å². The highest BCUT2D eigenvalue weighted by atomic mass is 79.9. The Labute approximate surface area is 115 Å². The van der Waals surface area contributed by atoms with Crippen LogP contribution in [0.4, 0.5) is 0 Å². The molecule has 0 spiro atoms. The summed E-state index contributed by atoms with van der Waals surface area (Å²) >= 11 is 9.97. The van der Waals surface area contributed by atoms with E-state index in [0.717, 1.165) is 41.7 Å². The Kier molecular flexibility index (Phi) is 4.71. The molecule has 2 unspecified atom stereocenters. The second kappa shape index (κ2) is 6.07. The lowest BCUT2D eigenvalue weighted by Crippen LogP contribution is -2.08. The molecule has 2 nitrogen and oxygen atoms in total. The Morgan fingerprint density at radius 3 is 3.00 bits per heavy atom. The number of alkyl halides is 1. The van der Waals surface area contributed by atoms with Crippen LogP contribution in [0.1, 0.15) is 30.2 Å². The smallest absolute Gasteiger partial charge is 0.120 e. The largest absolute Gasteiger partial charge is 0.497 e. The van der Waals surface area contributed by atoms with Crippen LogP contribution in [0.3, 0.4) is 0 Å². The molecule has 0 bridgehead atoms. The highest BCUT2D eigenvalue weighted by Gasteiger charge is 2.21. The summed E-state index contributed by atoms with van der Waals surface area (Å²) in [6, 6.07) is 5.89. The first-order valence-corrected chi connectivity index (χ1v) is 7.02. The minimum Gasteiger partial charge on any atom is -0.497 e. The van der Waals surface area contributed by atoms with Gasteiger partial charge in [-0.2, -0.15) is 0 Å². The van der Waals surface area contributed by atoms with Crippen molar-refractivity contribution >= 4 is 27.5 Å². The van der Waals surface area contributed by atoms with E-state index in [1.54, 1.807) is 7.11 Å². The molecule has 1 aliphatic heterocycles. The summed E-state index contributed by atoms with van der Waals surface area (Å²) in [5.41, 5.74) is 1.10. The van der Waals surface area contributed by atoms with Gasteiger partial charge in [-0.3, -0.25) is 0 Å². The number of benzene rings is 1. The average Bonchev–Trinajstić information content (AvgIpc) is 2.81. The van der Waals surface area contributed by atoms with Crippen molar-refractivity contribution in [1.82, 2.24) is 0 Å². The molecule has 0 saturated carbocycles. The lowest BCUT2D eigenvalue weighted by atomic mass is 10.0. The third-order valence-electron chi connectivity index (χ3n) is 3.04. The monoisotopic (exact) mass is 318 g/mol. The van der Waals surface area contributed by atoms with E-state index in [1.807, 2.05) is 18.2 Å². The van der Waals surface area contributed by atoms with Gasteiger partial charge < -0.3 is 9.47 Å². The lowest BCUT2D eigenvalue weighted by molar-refractivity contribution is 0.103. The molecule has 0 aliphatic carbocycles. The van der Waals surface area contributed by atoms with Gasteiger partial charge in [0.15, 0.2) is 0 Å². The molecule has 2 atom stereocenters. The third kappa shape index (κ3) is 3.36. The molecule has 94 valence electrons. The van der Waals surface area contributed by atoms with Crippen molar-refractivity contribution in [1.29, 1.82) is 0 Å². The fraction of sp³-hybridized carbons (Fsp3) is 0.538. The number of hydrogen-bond acceptors (Lipinski definition) is 2. The summed E-state index contributed by atoms with van der Waals surface area (Å²) in [5, 5.41) is -0.0154. The Hall–Kier alpha value is -0.250. The Morgan fingerprint density at radius 1 is 1.59 bits per heavy atom. The van der Waals surface area contributed by atoms with Crippen LogP contribution in [0.2, 0.25) is 0 Å². The van der Waals surface area contributed by atoms with E-state index < -0.39 is 0 Å². The third-order valence-corrected chi connectivity index (χ3v) is 4.14. The summed E-state index contributed by atoms with van der Waals surface area (Å²) in [4.78, 5) is 0. The second-order valence-electron chi connectivity index (χ2n) is 4.23. The summed E-state index contributed by atoms with van der Waals surface area (Å²) in [5.74, 6) is 0.835. The SMILES string of the molecule is COc1ccc(C(Cl)CC2CCCO2)c(Br)c1. The zero-order chi connectivity index (χ0) is 12.3. The molecule has 0 amide bonds. The Balaban J connectivity index is 2.04. The molecule has 1 aromatic rings. The summed E-state index contributed by atoms with van der Waals surface area (Å²) in [7, 11) is 1.66. The first-order chi connectivity index (χ1) is 8.20. The number of halogens is 2. The van der Waals surface area contributed by atoms with Gasteiger partial charge in [0.05, 0.1) is 18.6 Å². The molecule has 4 heteroatoms. The van der Waals surface area contributed by atoms with Crippen molar-refractivity contribution < 1.29 is 9.47 Å². The zero-order valence-corrected chi connectivity index (χ0v) is 12.1. The van der Waals surface area contributed by atoms with Crippen LogP contribution in [-0.2, 0) is 4.74 Å². The molecule has 0 N–H and O–H groups in total. The lowest BCUT2D eigenvalue weighted by Gasteiger charge is -2.16. The number of hydrogen-bond donors (Lipinski definition) is 0. The van der Waals surface area contributed by atoms with Crippen LogP contribution in [0, 0.1) is 0 Å². The van der Waals surface area contributed by atoms with E-state index in [4.69, 9.17) is 21.1 Å². The van der Waals surface area contributed by atoms with Crippen molar-refractivity contribution in [3.05, 3.63) is 28.2 Å². The topological polar surface area (TPSA) is 18.5 Å². The molecule has 1 aliphatic rings. The Bertz CT molecular complexity index is 378. The van der Waals surface area contributed by atoms with Gasteiger partial charge in [-0.05, 0) is 37.0 Å². The molecule has 0 aromatic heterocycles. The molecular formula is C13H16BrClO2. The van der Waals surface area contributed by atoms with Crippen molar-refractivity contribution in [3.63, 3.8) is 0 Å².